The summed E-state index contributed by atoms with van der Waals surface area (Å²) in [5, 5.41) is 11.5. The van der Waals surface area contributed by atoms with Crippen LogP contribution in [0.25, 0.3) is 0 Å². The molecule has 0 unspecified atom stereocenters. The van der Waals surface area contributed by atoms with E-state index in [1.165, 1.54) is 11.4 Å². The molecule has 2 saturated heterocycles. The van der Waals surface area contributed by atoms with Crippen LogP contribution in [0, 0.1) is 11.8 Å². The molecule has 328 valence electrons. The summed E-state index contributed by atoms with van der Waals surface area (Å²) >= 11 is 21.1. The molecule has 2 aromatic heterocycles. The number of fused-ring (bicyclic) bond motifs is 2. The Hall–Kier alpha value is -3.93. The van der Waals surface area contributed by atoms with Crippen molar-refractivity contribution in [3.63, 3.8) is 0 Å². The molecule has 6 heterocycles. The molecule has 7 N–H and O–H groups in total. The fourth-order valence-corrected chi connectivity index (χ4v) is 9.80. The second-order valence-electron chi connectivity index (χ2n) is 15.7. The van der Waals surface area contributed by atoms with Gasteiger partial charge in [-0.25, -0.2) is 9.97 Å². The van der Waals surface area contributed by atoms with Crippen LogP contribution >= 0.6 is 58.3 Å². The lowest BCUT2D eigenvalue weighted by atomic mass is 10.0. The number of halogens is 3. The molecule has 8 rings (SSSR count). The summed E-state index contributed by atoms with van der Waals surface area (Å²) in [7, 11) is 0. The van der Waals surface area contributed by atoms with Gasteiger partial charge >= 0.3 is 0 Å². The quantitative estimate of drug-likeness (QED) is 0.103. The number of hydrogen-bond donors (Lipinski definition) is 5. The molecule has 0 aliphatic carbocycles. The minimum atomic E-state index is -0.459. The second kappa shape index (κ2) is 21.9. The minimum absolute atomic E-state index is 0.0749. The van der Waals surface area contributed by atoms with Crippen LogP contribution in [0.1, 0.15) is 39.1 Å². The van der Waals surface area contributed by atoms with Gasteiger partial charge in [-0.3, -0.25) is 9.59 Å². The van der Waals surface area contributed by atoms with E-state index in [2.05, 4.69) is 64.9 Å². The maximum atomic E-state index is 11.9. The number of hydrogen-bond acceptors (Lipinski definition) is 14. The molecule has 2 fully saturated rings. The lowest BCUT2D eigenvalue weighted by Gasteiger charge is -2.36. The van der Waals surface area contributed by atoms with Crippen molar-refractivity contribution < 1.29 is 9.59 Å². The summed E-state index contributed by atoms with van der Waals surface area (Å²) < 4.78 is 0. The van der Waals surface area contributed by atoms with E-state index in [1.54, 1.807) is 23.5 Å². The van der Waals surface area contributed by atoms with E-state index in [4.69, 9.17) is 56.2 Å². The zero-order valence-corrected chi connectivity index (χ0v) is 38.9. The number of aryl methyl sites for hydroxylation is 2. The zero-order valence-electron chi connectivity index (χ0n) is 35.0. The lowest BCUT2D eigenvalue weighted by Crippen LogP contribution is -2.47. The summed E-state index contributed by atoms with van der Waals surface area (Å²) in [4.78, 5) is 50.3. The van der Waals surface area contributed by atoms with Crippen LogP contribution < -0.4 is 42.1 Å². The maximum absolute atomic E-state index is 11.9. The molecule has 0 spiro atoms. The van der Waals surface area contributed by atoms with Crippen molar-refractivity contribution in [1.82, 2.24) is 25.3 Å². The van der Waals surface area contributed by atoms with Gasteiger partial charge in [-0.2, -0.15) is 9.97 Å². The maximum Gasteiger partial charge on any atom is 0.240 e. The first kappa shape index (κ1) is 46.6. The third kappa shape index (κ3) is 12.6. The highest BCUT2D eigenvalue weighted by molar-refractivity contribution is 8.00. The average Bonchev–Trinajstić information content (AvgIpc) is 3.93. The highest BCUT2D eigenvalue weighted by atomic mass is 35.5. The molecular formula is C42H55Cl3N12O2S2. The third-order valence-electron chi connectivity index (χ3n) is 10.6. The lowest BCUT2D eigenvalue weighted by molar-refractivity contribution is -0.120. The number of amides is 2. The Labute approximate surface area is 382 Å². The van der Waals surface area contributed by atoms with E-state index in [0.29, 0.717) is 5.82 Å². The van der Waals surface area contributed by atoms with Gasteiger partial charge in [-0.05, 0) is 72.0 Å². The molecule has 0 radical (unpaired) electrons. The van der Waals surface area contributed by atoms with Crippen molar-refractivity contribution in [3.05, 3.63) is 75.2 Å². The Bertz CT molecular complexity index is 2100. The van der Waals surface area contributed by atoms with E-state index in [1.807, 2.05) is 52.0 Å². The van der Waals surface area contributed by atoms with E-state index < -0.39 is 18.0 Å². The van der Waals surface area contributed by atoms with Crippen LogP contribution in [0.4, 0.5) is 29.0 Å². The summed E-state index contributed by atoms with van der Waals surface area (Å²) in [6.45, 7) is 15.6. The van der Waals surface area contributed by atoms with Gasteiger partial charge in [0.2, 0.25) is 23.0 Å². The molecule has 14 nitrogen and oxygen atoms in total. The molecule has 4 aromatic rings. The predicted octanol–water partition coefficient (Wildman–Crippen LogP) is 6.48. The zero-order chi connectivity index (χ0) is 43.6. The van der Waals surface area contributed by atoms with Crippen LogP contribution in [0.15, 0.2) is 58.3 Å². The predicted molar refractivity (Wildman–Crippen MR) is 253 cm³/mol. The number of anilines is 5. The molecule has 2 aromatic carbocycles. The van der Waals surface area contributed by atoms with Gasteiger partial charge in [-0.1, -0.05) is 50.9 Å². The number of carbonyl (C=O) groups is 2. The van der Waals surface area contributed by atoms with Crippen LogP contribution in [0.2, 0.25) is 15.3 Å². The summed E-state index contributed by atoms with van der Waals surface area (Å²) in [6, 6.07) is 15.1. The molecule has 2 amide bonds. The summed E-state index contributed by atoms with van der Waals surface area (Å²) in [5.74, 6) is 3.41. The molecule has 4 aliphatic heterocycles. The van der Waals surface area contributed by atoms with Gasteiger partial charge in [0.25, 0.3) is 0 Å². The molecule has 2 atom stereocenters. The van der Waals surface area contributed by atoms with Crippen LogP contribution in [-0.2, 0) is 22.4 Å². The van der Waals surface area contributed by atoms with Crippen molar-refractivity contribution in [2.75, 3.05) is 89.2 Å². The van der Waals surface area contributed by atoms with Crippen molar-refractivity contribution in [1.29, 1.82) is 0 Å². The van der Waals surface area contributed by atoms with E-state index in [-0.39, 0.29) is 23.0 Å². The Morgan fingerprint density at radius 3 is 1.51 bits per heavy atom. The van der Waals surface area contributed by atoms with Crippen molar-refractivity contribution >= 4 is 99.1 Å². The largest absolute Gasteiger partial charge is 0.369 e. The molecule has 0 saturated carbocycles. The fraction of sp³-hybridized carbons (Fsp3) is 0.476. The monoisotopic (exact) mass is 928 g/mol. The van der Waals surface area contributed by atoms with Gasteiger partial charge in [0.05, 0.1) is 21.2 Å². The third-order valence-corrected chi connectivity index (χ3v) is 13.5. The first-order valence-corrected chi connectivity index (χ1v) is 23.7. The first-order chi connectivity index (χ1) is 29.3. The number of primary amides is 2. The Kier molecular flexibility index (Phi) is 16.7. The van der Waals surface area contributed by atoms with E-state index in [0.717, 1.165) is 120 Å². The summed E-state index contributed by atoms with van der Waals surface area (Å²) in [6.07, 6.45) is 1.79. The molecule has 61 heavy (non-hydrogen) atoms. The van der Waals surface area contributed by atoms with Gasteiger partial charge in [-0.15, -0.1) is 23.5 Å². The second-order valence-corrected chi connectivity index (χ2v) is 19.1. The van der Waals surface area contributed by atoms with Gasteiger partial charge in [0.15, 0.2) is 0 Å². The number of thioether (sulfide) groups is 2. The minimum Gasteiger partial charge on any atom is -0.369 e. The number of nitrogens with one attached hydrogen (secondary N) is 3. The Morgan fingerprint density at radius 2 is 1.05 bits per heavy atom. The SMILES string of the molecule is CC(C)[C@@H](Nc1nc(Cl)nc2c1SCC2)C(N)=O.CC(C)[C@@H](Nc1nc(N2CCN(c3ccc(Cl)cc3)CC2)nc2c1SCC2)C(N)=O.Clc1ccc(N2CCNCC2)cc1. The van der Waals surface area contributed by atoms with Gasteiger partial charge in [0.1, 0.15) is 23.7 Å². The van der Waals surface area contributed by atoms with Crippen LogP contribution in [0.5, 0.6) is 0 Å². The van der Waals surface area contributed by atoms with Crippen molar-refractivity contribution in [2.24, 2.45) is 23.3 Å². The first-order valence-electron chi connectivity index (χ1n) is 20.6. The number of piperazine rings is 2. The molecule has 0 bridgehead atoms. The number of nitrogens with zero attached hydrogens (tertiary/aromatic N) is 7. The number of rotatable bonds is 11. The topological polar surface area (TPSA) is 184 Å². The Morgan fingerprint density at radius 1 is 0.623 bits per heavy atom. The fourth-order valence-electron chi connectivity index (χ4n) is 7.25. The molecule has 4 aliphatic rings. The molecular weight excluding hydrogens is 875 g/mol. The normalized spacial score (nSPS) is 16.8. The number of nitrogens with two attached hydrogens (primary N) is 2. The summed E-state index contributed by atoms with van der Waals surface area (Å²) in [5.41, 5.74) is 15.4. The Balaban J connectivity index is 0.000000170. The van der Waals surface area contributed by atoms with Crippen LogP contribution in [-0.4, -0.2) is 108 Å². The van der Waals surface area contributed by atoms with Crippen molar-refractivity contribution in [2.45, 2.75) is 62.4 Å². The number of benzene rings is 2. The van der Waals surface area contributed by atoms with E-state index in [9.17, 15) is 9.59 Å². The standard InChI is InChI=1S/C21H27ClN6OS.C11H15ClN4OS.C10H13ClN2/c1-13(2)17(19(23)29)25-20-18-16(7-12-30-18)24-21(26-20)28-10-8-27(9-11-28)15-5-3-14(22)4-6-15;1-5(2)7(9(13)17)15-10-8-6(3-4-18-8)14-11(12)16-10;11-9-1-3-10(4-2-9)13-7-5-12-6-8-13/h3-6,13,17H,7-12H2,1-2H3,(H2,23,29)(H,24,25,26);5,7H,3-4H2,1-2H3,(H2,13,17)(H,14,15,16);1-4,12H,5-8H2/t17-;7-;/m11./s1. The smallest absolute Gasteiger partial charge is 0.240 e. The number of carbonyl (C=O) groups excluding carboxylic acids is 2. The molecule has 19 heteroatoms. The average molecular weight is 930 g/mol. The van der Waals surface area contributed by atoms with Crippen LogP contribution in [0.3, 0.4) is 0 Å². The number of aromatic nitrogens is 4. The highest BCUT2D eigenvalue weighted by Gasteiger charge is 2.29. The van der Waals surface area contributed by atoms with E-state index >= 15 is 0 Å². The highest BCUT2D eigenvalue weighted by Crippen LogP contribution is 2.38. The van der Waals surface area contributed by atoms with Crippen molar-refractivity contribution in [3.8, 4) is 0 Å². The van der Waals surface area contributed by atoms with Gasteiger partial charge < -0.3 is 42.1 Å². The van der Waals surface area contributed by atoms with Gasteiger partial charge in [0, 0.05) is 98.1 Å².